The molecule has 3 nitrogen and oxygen atoms in total. The molecule has 1 aliphatic rings. The van der Waals surface area contributed by atoms with E-state index in [0.717, 1.165) is 32.4 Å². The predicted octanol–water partition coefficient (Wildman–Crippen LogP) is 3.65. The largest absolute Gasteiger partial charge is 0.393 e. The molecule has 0 saturated carbocycles. The van der Waals surface area contributed by atoms with Gasteiger partial charge in [0.25, 0.3) is 0 Å². The van der Waals surface area contributed by atoms with Gasteiger partial charge in [0.15, 0.2) is 0 Å². The third kappa shape index (κ3) is 6.69. The van der Waals surface area contributed by atoms with Gasteiger partial charge in [-0.15, -0.1) is 0 Å². The molecule has 0 aromatic rings. The zero-order valence-corrected chi connectivity index (χ0v) is 13.7. The van der Waals surface area contributed by atoms with Gasteiger partial charge in [0.05, 0.1) is 4.99 Å². The van der Waals surface area contributed by atoms with Crippen molar-refractivity contribution in [2.24, 2.45) is 11.7 Å². The zero-order chi connectivity index (χ0) is 14.8. The highest BCUT2D eigenvalue weighted by molar-refractivity contribution is 7.80. The Morgan fingerprint density at radius 2 is 1.65 bits per heavy atom. The summed E-state index contributed by atoms with van der Waals surface area (Å²) in [6.07, 6.45) is 11.4. The quantitative estimate of drug-likeness (QED) is 0.522. The lowest BCUT2D eigenvalue weighted by molar-refractivity contribution is -0.132. The van der Waals surface area contributed by atoms with Gasteiger partial charge in [0, 0.05) is 25.4 Å². The van der Waals surface area contributed by atoms with Crippen LogP contribution in [0.1, 0.15) is 71.1 Å². The van der Waals surface area contributed by atoms with E-state index in [4.69, 9.17) is 18.0 Å². The molecule has 0 spiro atoms. The average Bonchev–Trinajstić information content (AvgIpc) is 2.46. The van der Waals surface area contributed by atoms with Crippen molar-refractivity contribution in [2.45, 2.75) is 71.1 Å². The molecular formula is C16H30N2OS. The molecule has 1 aliphatic heterocycles. The first-order valence-electron chi connectivity index (χ1n) is 8.22. The number of nitrogens with zero attached hydrogens (tertiary/aromatic N) is 1. The van der Waals surface area contributed by atoms with E-state index in [1.807, 2.05) is 4.90 Å². The van der Waals surface area contributed by atoms with Crippen LogP contribution in [0.5, 0.6) is 0 Å². The summed E-state index contributed by atoms with van der Waals surface area (Å²) in [7, 11) is 0. The monoisotopic (exact) mass is 298 g/mol. The lowest BCUT2D eigenvalue weighted by atomic mass is 9.96. The first-order chi connectivity index (χ1) is 9.65. The van der Waals surface area contributed by atoms with E-state index in [1.54, 1.807) is 0 Å². The summed E-state index contributed by atoms with van der Waals surface area (Å²) in [5.74, 6) is 0.660. The molecule has 1 fully saturated rings. The van der Waals surface area contributed by atoms with E-state index in [2.05, 4.69) is 6.92 Å². The van der Waals surface area contributed by atoms with Crippen molar-refractivity contribution in [3.05, 3.63) is 0 Å². The lowest BCUT2D eigenvalue weighted by Crippen LogP contribution is -2.41. The van der Waals surface area contributed by atoms with Gasteiger partial charge in [0.1, 0.15) is 0 Å². The van der Waals surface area contributed by atoms with Crippen molar-refractivity contribution < 1.29 is 4.79 Å². The normalized spacial score (nSPS) is 16.4. The van der Waals surface area contributed by atoms with E-state index in [0.29, 0.717) is 23.2 Å². The van der Waals surface area contributed by atoms with Crippen LogP contribution < -0.4 is 5.73 Å². The minimum atomic E-state index is 0.319. The molecule has 1 saturated heterocycles. The fraction of sp³-hybridized carbons (Fsp3) is 0.875. The molecule has 1 rings (SSSR count). The molecule has 0 unspecified atom stereocenters. The van der Waals surface area contributed by atoms with Gasteiger partial charge < -0.3 is 10.6 Å². The van der Waals surface area contributed by atoms with Crippen molar-refractivity contribution in [2.75, 3.05) is 13.1 Å². The number of nitrogens with two attached hydrogens (primary N) is 1. The molecule has 1 amide bonds. The molecule has 1 heterocycles. The number of carbonyl (C=O) groups excluding carboxylic acids is 1. The summed E-state index contributed by atoms with van der Waals surface area (Å²) in [5, 5.41) is 0. The Morgan fingerprint density at radius 1 is 1.10 bits per heavy atom. The van der Waals surface area contributed by atoms with Gasteiger partial charge in [-0.25, -0.2) is 0 Å². The number of thiocarbonyl (C=S) groups is 1. The zero-order valence-electron chi connectivity index (χ0n) is 12.9. The van der Waals surface area contributed by atoms with Gasteiger partial charge in [-0.1, -0.05) is 57.7 Å². The summed E-state index contributed by atoms with van der Waals surface area (Å²) in [6, 6.07) is 0. The number of rotatable bonds is 9. The Bertz CT molecular complexity index is 299. The molecule has 0 bridgehead atoms. The molecule has 0 aliphatic carbocycles. The van der Waals surface area contributed by atoms with Gasteiger partial charge >= 0.3 is 0 Å². The highest BCUT2D eigenvalue weighted by atomic mass is 32.1. The molecular weight excluding hydrogens is 268 g/mol. The third-order valence-corrected chi connectivity index (χ3v) is 4.58. The number of likely N-dealkylation sites (tertiary alicyclic amines) is 1. The minimum absolute atomic E-state index is 0.319. The van der Waals surface area contributed by atoms with Crippen LogP contribution in [0.4, 0.5) is 0 Å². The van der Waals surface area contributed by atoms with Crippen molar-refractivity contribution in [1.82, 2.24) is 4.90 Å². The second-order valence-electron chi connectivity index (χ2n) is 5.93. The van der Waals surface area contributed by atoms with E-state index in [-0.39, 0.29) is 0 Å². The number of piperidine rings is 1. The average molecular weight is 298 g/mol. The summed E-state index contributed by atoms with van der Waals surface area (Å²) in [4.78, 5) is 14.7. The van der Waals surface area contributed by atoms with Gasteiger partial charge in [0.2, 0.25) is 5.91 Å². The Balaban J connectivity index is 2.04. The SMILES string of the molecule is CCCCCCCCCC(=O)N1CCC(C(N)=S)CC1. The van der Waals surface area contributed by atoms with Crippen LogP contribution in [0.2, 0.25) is 0 Å². The molecule has 0 atom stereocenters. The Kier molecular flexibility index (Phi) is 8.83. The third-order valence-electron chi connectivity index (χ3n) is 4.24. The van der Waals surface area contributed by atoms with E-state index in [9.17, 15) is 4.79 Å². The van der Waals surface area contributed by atoms with Gasteiger partial charge in [-0.05, 0) is 19.3 Å². The van der Waals surface area contributed by atoms with E-state index in [1.165, 1.54) is 38.5 Å². The summed E-state index contributed by atoms with van der Waals surface area (Å²) in [6.45, 7) is 3.90. The van der Waals surface area contributed by atoms with E-state index < -0.39 is 0 Å². The minimum Gasteiger partial charge on any atom is -0.393 e. The van der Waals surface area contributed by atoms with Crippen LogP contribution >= 0.6 is 12.2 Å². The maximum absolute atomic E-state index is 12.1. The summed E-state index contributed by atoms with van der Waals surface area (Å²) >= 11 is 5.02. The molecule has 0 radical (unpaired) electrons. The molecule has 0 aromatic carbocycles. The number of carbonyl (C=O) groups is 1. The topological polar surface area (TPSA) is 46.3 Å². The van der Waals surface area contributed by atoms with Crippen LogP contribution in [0.15, 0.2) is 0 Å². The van der Waals surface area contributed by atoms with Crippen LogP contribution in [0, 0.1) is 5.92 Å². The fourth-order valence-electron chi connectivity index (χ4n) is 2.80. The second-order valence-corrected chi connectivity index (χ2v) is 6.40. The first-order valence-corrected chi connectivity index (χ1v) is 8.63. The summed E-state index contributed by atoms with van der Waals surface area (Å²) < 4.78 is 0. The number of amides is 1. The second kappa shape index (κ2) is 10.1. The van der Waals surface area contributed by atoms with Crippen LogP contribution in [-0.4, -0.2) is 28.9 Å². The highest BCUT2D eigenvalue weighted by Crippen LogP contribution is 2.18. The maximum Gasteiger partial charge on any atom is 0.222 e. The Morgan fingerprint density at radius 3 is 2.20 bits per heavy atom. The molecule has 20 heavy (non-hydrogen) atoms. The number of hydrogen-bond acceptors (Lipinski definition) is 2. The Hall–Kier alpha value is -0.640. The van der Waals surface area contributed by atoms with Crippen LogP contribution in [-0.2, 0) is 4.79 Å². The van der Waals surface area contributed by atoms with Crippen LogP contribution in [0.3, 0.4) is 0 Å². The Labute approximate surface area is 129 Å². The lowest BCUT2D eigenvalue weighted by Gasteiger charge is -2.31. The number of hydrogen-bond donors (Lipinski definition) is 1. The molecule has 2 N–H and O–H groups in total. The summed E-state index contributed by atoms with van der Waals surface area (Å²) in [5.41, 5.74) is 5.66. The van der Waals surface area contributed by atoms with Crippen molar-refractivity contribution >= 4 is 23.1 Å². The molecule has 0 aromatic heterocycles. The molecule has 116 valence electrons. The van der Waals surface area contributed by atoms with Crippen molar-refractivity contribution in [3.63, 3.8) is 0 Å². The van der Waals surface area contributed by atoms with Crippen LogP contribution in [0.25, 0.3) is 0 Å². The maximum atomic E-state index is 12.1. The smallest absolute Gasteiger partial charge is 0.222 e. The van der Waals surface area contributed by atoms with Crippen molar-refractivity contribution in [1.29, 1.82) is 0 Å². The molecule has 4 heteroatoms. The first kappa shape index (κ1) is 17.4. The van der Waals surface area contributed by atoms with E-state index >= 15 is 0 Å². The fourth-order valence-corrected chi connectivity index (χ4v) is 3.04. The predicted molar refractivity (Wildman–Crippen MR) is 88.7 cm³/mol. The van der Waals surface area contributed by atoms with Crippen molar-refractivity contribution in [3.8, 4) is 0 Å². The number of unbranched alkanes of at least 4 members (excludes halogenated alkanes) is 6. The standard InChI is InChI=1S/C16H30N2OS/c1-2-3-4-5-6-7-8-9-15(19)18-12-10-14(11-13-18)16(17)20/h14H,2-13H2,1H3,(H2,17,20). The van der Waals surface area contributed by atoms with Gasteiger partial charge in [-0.3, -0.25) is 4.79 Å². The highest BCUT2D eigenvalue weighted by Gasteiger charge is 2.23. The van der Waals surface area contributed by atoms with Gasteiger partial charge in [-0.2, -0.15) is 0 Å².